The van der Waals surface area contributed by atoms with Crippen LogP contribution in [0.1, 0.15) is 32.0 Å². The van der Waals surface area contributed by atoms with Crippen molar-refractivity contribution in [2.24, 2.45) is 0 Å². The van der Waals surface area contributed by atoms with Gasteiger partial charge in [-0.15, -0.1) is 0 Å². The molecule has 96 valence electrons. The highest BCUT2D eigenvalue weighted by molar-refractivity contribution is 5.71. The molecule has 4 nitrogen and oxygen atoms in total. The molecule has 1 unspecified atom stereocenters. The normalized spacial score (nSPS) is 19.7. The summed E-state index contributed by atoms with van der Waals surface area (Å²) in [4.78, 5) is 9.23. The molecule has 1 atom stereocenters. The molecule has 0 radical (unpaired) electrons. The highest BCUT2D eigenvalue weighted by Crippen LogP contribution is 2.18. The third kappa shape index (κ3) is 2.12. The van der Waals surface area contributed by atoms with Crippen LogP contribution < -0.4 is 5.32 Å². The van der Waals surface area contributed by atoms with Crippen LogP contribution in [-0.4, -0.2) is 27.1 Å². The molecule has 18 heavy (non-hydrogen) atoms. The highest BCUT2D eigenvalue weighted by atomic mass is 15.1. The Morgan fingerprint density at radius 1 is 1.50 bits per heavy atom. The van der Waals surface area contributed by atoms with Gasteiger partial charge in [-0.25, -0.2) is 9.97 Å². The van der Waals surface area contributed by atoms with Crippen molar-refractivity contribution in [1.82, 2.24) is 19.9 Å². The molecular formula is C14H20N4. The Balaban J connectivity index is 1.95. The van der Waals surface area contributed by atoms with Crippen molar-refractivity contribution in [3.63, 3.8) is 0 Å². The average Bonchev–Trinajstić information content (AvgIpc) is 3.00. The molecule has 1 N–H and O–H groups in total. The topological polar surface area (TPSA) is 42.7 Å². The maximum absolute atomic E-state index is 4.76. The lowest BCUT2D eigenvalue weighted by Gasteiger charge is -2.11. The van der Waals surface area contributed by atoms with Gasteiger partial charge in [0.1, 0.15) is 11.3 Å². The lowest BCUT2D eigenvalue weighted by atomic mass is 10.1. The van der Waals surface area contributed by atoms with Gasteiger partial charge in [-0.3, -0.25) is 0 Å². The lowest BCUT2D eigenvalue weighted by molar-refractivity contribution is 0.554. The molecule has 0 spiro atoms. The Morgan fingerprint density at radius 3 is 3.22 bits per heavy atom. The first kappa shape index (κ1) is 11.7. The third-order valence-corrected chi connectivity index (χ3v) is 3.62. The maximum Gasteiger partial charge on any atom is 0.159 e. The second-order valence-electron chi connectivity index (χ2n) is 5.02. The Hall–Kier alpha value is -1.42. The summed E-state index contributed by atoms with van der Waals surface area (Å²) in [6, 6.07) is 4.61. The van der Waals surface area contributed by atoms with Gasteiger partial charge >= 0.3 is 0 Å². The van der Waals surface area contributed by atoms with Crippen LogP contribution in [0.5, 0.6) is 0 Å². The zero-order valence-corrected chi connectivity index (χ0v) is 10.9. The number of aryl methyl sites for hydroxylation is 1. The van der Waals surface area contributed by atoms with E-state index in [2.05, 4.69) is 27.9 Å². The fourth-order valence-electron chi connectivity index (χ4n) is 2.77. The van der Waals surface area contributed by atoms with Gasteiger partial charge in [-0.05, 0) is 37.9 Å². The first-order valence-electron chi connectivity index (χ1n) is 6.92. The van der Waals surface area contributed by atoms with Gasteiger partial charge < -0.3 is 9.88 Å². The number of imidazole rings is 1. The molecule has 0 aliphatic carbocycles. The van der Waals surface area contributed by atoms with E-state index in [0.717, 1.165) is 37.1 Å². The molecule has 0 saturated carbocycles. The van der Waals surface area contributed by atoms with E-state index >= 15 is 0 Å². The van der Waals surface area contributed by atoms with Crippen LogP contribution in [-0.2, 0) is 13.0 Å². The molecule has 3 heterocycles. The number of fused-ring (bicyclic) bond motifs is 1. The van der Waals surface area contributed by atoms with Crippen molar-refractivity contribution < 1.29 is 0 Å². The number of hydrogen-bond acceptors (Lipinski definition) is 3. The van der Waals surface area contributed by atoms with Gasteiger partial charge in [0.15, 0.2) is 5.65 Å². The first-order valence-corrected chi connectivity index (χ1v) is 6.92. The van der Waals surface area contributed by atoms with Crippen molar-refractivity contribution in [3.05, 3.63) is 24.2 Å². The number of pyridine rings is 1. The number of nitrogens with zero attached hydrogens (tertiary/aromatic N) is 3. The van der Waals surface area contributed by atoms with Crippen LogP contribution in [0.4, 0.5) is 0 Å². The van der Waals surface area contributed by atoms with E-state index in [9.17, 15) is 0 Å². The number of hydrogen-bond donors (Lipinski definition) is 1. The largest absolute Gasteiger partial charge is 0.314 e. The summed E-state index contributed by atoms with van der Waals surface area (Å²) in [6.07, 6.45) is 6.55. The molecule has 1 aliphatic rings. The van der Waals surface area contributed by atoms with Crippen molar-refractivity contribution >= 4 is 11.2 Å². The molecule has 0 aromatic carbocycles. The summed E-state index contributed by atoms with van der Waals surface area (Å²) in [5.41, 5.74) is 2.06. The van der Waals surface area contributed by atoms with Crippen LogP contribution >= 0.6 is 0 Å². The Labute approximate surface area is 107 Å². The lowest BCUT2D eigenvalue weighted by Crippen LogP contribution is -2.25. The van der Waals surface area contributed by atoms with Gasteiger partial charge in [0.2, 0.25) is 0 Å². The maximum atomic E-state index is 4.76. The van der Waals surface area contributed by atoms with Gasteiger partial charge in [0.05, 0.1) is 0 Å². The molecule has 0 amide bonds. The van der Waals surface area contributed by atoms with Crippen LogP contribution in [0.3, 0.4) is 0 Å². The summed E-state index contributed by atoms with van der Waals surface area (Å²) in [6.45, 7) is 4.36. The van der Waals surface area contributed by atoms with E-state index in [4.69, 9.17) is 4.98 Å². The number of rotatable bonds is 4. The monoisotopic (exact) mass is 244 g/mol. The minimum Gasteiger partial charge on any atom is -0.314 e. The minimum absolute atomic E-state index is 0.595. The molecular weight excluding hydrogens is 224 g/mol. The predicted octanol–water partition coefficient (Wildman–Crippen LogP) is 2.14. The summed E-state index contributed by atoms with van der Waals surface area (Å²) in [7, 11) is 0. The van der Waals surface area contributed by atoms with E-state index in [-0.39, 0.29) is 0 Å². The second-order valence-corrected chi connectivity index (χ2v) is 5.02. The summed E-state index contributed by atoms with van der Waals surface area (Å²) < 4.78 is 2.29. The second kappa shape index (κ2) is 5.06. The fourth-order valence-corrected chi connectivity index (χ4v) is 2.77. The summed E-state index contributed by atoms with van der Waals surface area (Å²) in [5, 5.41) is 3.55. The molecule has 0 bridgehead atoms. The van der Waals surface area contributed by atoms with Gasteiger partial charge in [-0.1, -0.05) is 6.92 Å². The summed E-state index contributed by atoms with van der Waals surface area (Å²) in [5.74, 6) is 1.19. The van der Waals surface area contributed by atoms with Gasteiger partial charge in [0, 0.05) is 25.2 Å². The smallest absolute Gasteiger partial charge is 0.159 e. The minimum atomic E-state index is 0.595. The SMILES string of the molecule is CCCn1c(CC2CCCN2)nc2cccnc21. The van der Waals surface area contributed by atoms with Crippen molar-refractivity contribution in [3.8, 4) is 0 Å². The third-order valence-electron chi connectivity index (χ3n) is 3.62. The fraction of sp³-hybridized carbons (Fsp3) is 0.571. The van der Waals surface area contributed by atoms with Crippen LogP contribution in [0.15, 0.2) is 18.3 Å². The van der Waals surface area contributed by atoms with E-state index in [1.807, 2.05) is 12.3 Å². The zero-order chi connectivity index (χ0) is 12.4. The number of nitrogens with one attached hydrogen (secondary N) is 1. The van der Waals surface area contributed by atoms with E-state index < -0.39 is 0 Å². The zero-order valence-electron chi connectivity index (χ0n) is 10.9. The standard InChI is InChI=1S/C14H20N4/c1-2-9-18-13(10-11-5-3-7-15-11)17-12-6-4-8-16-14(12)18/h4,6,8,11,15H,2-3,5,7,9-10H2,1H3. The van der Waals surface area contributed by atoms with E-state index in [0.29, 0.717) is 6.04 Å². The molecule has 1 aliphatic heterocycles. The van der Waals surface area contributed by atoms with Crippen LogP contribution in [0, 0.1) is 0 Å². The highest BCUT2D eigenvalue weighted by Gasteiger charge is 2.19. The van der Waals surface area contributed by atoms with Crippen molar-refractivity contribution in [2.75, 3.05) is 6.54 Å². The Kier molecular flexibility index (Phi) is 3.28. The Bertz CT molecular complexity index is 526. The average molecular weight is 244 g/mol. The first-order chi connectivity index (χ1) is 8.88. The molecule has 1 fully saturated rings. The molecule has 4 heteroatoms. The predicted molar refractivity (Wildman–Crippen MR) is 72.5 cm³/mol. The quantitative estimate of drug-likeness (QED) is 0.896. The molecule has 2 aromatic heterocycles. The molecule has 1 saturated heterocycles. The number of aromatic nitrogens is 3. The van der Waals surface area contributed by atoms with E-state index in [1.165, 1.54) is 18.7 Å². The van der Waals surface area contributed by atoms with Gasteiger partial charge in [0.25, 0.3) is 0 Å². The van der Waals surface area contributed by atoms with Crippen molar-refractivity contribution in [1.29, 1.82) is 0 Å². The van der Waals surface area contributed by atoms with Crippen molar-refractivity contribution in [2.45, 2.75) is 45.2 Å². The molecule has 3 rings (SSSR count). The van der Waals surface area contributed by atoms with Crippen LogP contribution in [0.25, 0.3) is 11.2 Å². The van der Waals surface area contributed by atoms with Crippen LogP contribution in [0.2, 0.25) is 0 Å². The van der Waals surface area contributed by atoms with Gasteiger partial charge in [-0.2, -0.15) is 0 Å². The Morgan fingerprint density at radius 2 is 2.44 bits per heavy atom. The summed E-state index contributed by atoms with van der Waals surface area (Å²) >= 11 is 0. The van der Waals surface area contributed by atoms with E-state index in [1.54, 1.807) is 0 Å². The molecule has 2 aromatic rings.